The van der Waals surface area contributed by atoms with Crippen LogP contribution in [0.4, 0.5) is 0 Å². The van der Waals surface area contributed by atoms with Crippen LogP contribution >= 0.6 is 0 Å². The molecule has 0 saturated heterocycles. The van der Waals surface area contributed by atoms with Crippen molar-refractivity contribution in [3.05, 3.63) is 34.2 Å². The predicted molar refractivity (Wildman–Crippen MR) is 39.0 cm³/mol. The maximum Gasteiger partial charge on any atom is 0.248 e. The van der Waals surface area contributed by atoms with Crippen LogP contribution in [0.2, 0.25) is 0 Å². The van der Waals surface area contributed by atoms with E-state index in [-0.39, 0.29) is 0 Å². The third kappa shape index (κ3) is 0.967. The predicted octanol–water partition coefficient (Wildman–Crippen LogP) is 1.25. The molecule has 2 heteroatoms. The summed E-state index contributed by atoms with van der Waals surface area (Å²) in [6.45, 7) is 0. The second kappa shape index (κ2) is 1.97. The van der Waals surface area contributed by atoms with Gasteiger partial charge in [0.1, 0.15) is 0 Å². The van der Waals surface area contributed by atoms with Crippen LogP contribution in [-0.4, -0.2) is 4.98 Å². The summed E-state index contributed by atoms with van der Waals surface area (Å²) in [6, 6.07) is -1.53. The summed E-state index contributed by atoms with van der Waals surface area (Å²) in [5.41, 5.74) is -1.71. The zero-order valence-corrected chi connectivity index (χ0v) is 4.91. The molecule has 0 radical (unpaired) electrons. The standard InChI is InChI=1S/C8H9NO/c10-8-5-7(3-4-9-8)6-1-2-6/h3-6H,1-2H2,(H,9,10)/i1D2,2D2,3D,4D,5D,6D. The number of nitrogens with one attached hydrogen (secondary N) is 1. The maximum absolute atomic E-state index is 11.3. The molecule has 1 aliphatic rings. The van der Waals surface area contributed by atoms with Crippen LogP contribution in [0, 0.1) is 0 Å². The summed E-state index contributed by atoms with van der Waals surface area (Å²) in [6.07, 6.45) is -5.87. The van der Waals surface area contributed by atoms with E-state index >= 15 is 0 Å². The summed E-state index contributed by atoms with van der Waals surface area (Å²) in [7, 11) is 0. The van der Waals surface area contributed by atoms with Gasteiger partial charge in [-0.3, -0.25) is 4.79 Å². The van der Waals surface area contributed by atoms with Gasteiger partial charge in [-0.25, -0.2) is 0 Å². The third-order valence-electron chi connectivity index (χ3n) is 1.10. The summed E-state index contributed by atoms with van der Waals surface area (Å²) in [4.78, 5) is 13.2. The number of pyridine rings is 1. The normalized spacial score (nSPS) is 42.0. The van der Waals surface area contributed by atoms with E-state index in [0.717, 1.165) is 0 Å². The Balaban J connectivity index is 2.80. The van der Waals surface area contributed by atoms with E-state index in [4.69, 9.17) is 11.0 Å². The molecule has 0 aliphatic heterocycles. The minimum absolute atomic E-state index is 0.656. The lowest BCUT2D eigenvalue weighted by Crippen LogP contribution is -2.02. The van der Waals surface area contributed by atoms with Gasteiger partial charge < -0.3 is 4.98 Å². The van der Waals surface area contributed by atoms with E-state index in [2.05, 4.69) is 0 Å². The molecule has 1 aliphatic carbocycles. The average Bonchev–Trinajstić information content (AvgIpc) is 2.55. The number of hydrogen-bond donors (Lipinski definition) is 1. The van der Waals surface area contributed by atoms with E-state index in [9.17, 15) is 4.79 Å². The van der Waals surface area contributed by atoms with Gasteiger partial charge >= 0.3 is 0 Å². The molecule has 1 aromatic heterocycles. The van der Waals surface area contributed by atoms with Crippen molar-refractivity contribution in [3.8, 4) is 0 Å². The SMILES string of the molecule is [2H]c1[nH]c(=O)c([2H])c(C2([2H])C([2H])([2H])C2([2H])[2H])c1[2H]. The molecule has 2 nitrogen and oxygen atoms in total. The van der Waals surface area contributed by atoms with Crippen LogP contribution in [0.25, 0.3) is 0 Å². The lowest BCUT2D eigenvalue weighted by molar-refractivity contribution is 1.09. The Morgan fingerprint density at radius 3 is 3.40 bits per heavy atom. The number of rotatable bonds is 1. The van der Waals surface area contributed by atoms with Gasteiger partial charge in [0, 0.05) is 19.1 Å². The van der Waals surface area contributed by atoms with Crippen LogP contribution in [0.3, 0.4) is 0 Å². The molecule has 1 fully saturated rings. The number of hydrogen-bond acceptors (Lipinski definition) is 1. The van der Waals surface area contributed by atoms with Gasteiger partial charge in [-0.05, 0) is 30.2 Å². The molecule has 1 saturated carbocycles. The fraction of sp³-hybridized carbons (Fsp3) is 0.375. The quantitative estimate of drug-likeness (QED) is 0.630. The number of H-pyrrole nitrogens is 1. The Morgan fingerprint density at radius 2 is 2.70 bits per heavy atom. The molecule has 1 heterocycles. The van der Waals surface area contributed by atoms with Gasteiger partial charge in [0.15, 0.2) is 0 Å². The summed E-state index contributed by atoms with van der Waals surface area (Å²) in [5, 5.41) is 0. The Labute approximate surface area is 70.1 Å². The van der Waals surface area contributed by atoms with Crippen LogP contribution in [-0.2, 0) is 0 Å². The smallest absolute Gasteiger partial charge is 0.248 e. The van der Waals surface area contributed by atoms with E-state index in [0.29, 0.717) is 0 Å². The van der Waals surface area contributed by atoms with Crippen LogP contribution in [0.5, 0.6) is 0 Å². The van der Waals surface area contributed by atoms with Gasteiger partial charge in [0.2, 0.25) is 5.56 Å². The lowest BCUT2D eigenvalue weighted by Gasteiger charge is -1.92. The zero-order chi connectivity index (χ0) is 14.1. The Bertz CT molecular complexity index is 577. The first kappa shape index (κ1) is 1.76. The van der Waals surface area contributed by atoms with Crippen molar-refractivity contribution in [1.29, 1.82) is 0 Å². The van der Waals surface area contributed by atoms with Crippen molar-refractivity contribution < 1.29 is 11.0 Å². The highest BCUT2D eigenvalue weighted by Crippen LogP contribution is 2.38. The second-order valence-electron chi connectivity index (χ2n) is 1.83. The number of aromatic nitrogens is 1. The highest BCUT2D eigenvalue weighted by molar-refractivity contribution is 5.20. The fourth-order valence-electron chi connectivity index (χ4n) is 0.608. The van der Waals surface area contributed by atoms with E-state index < -0.39 is 48.0 Å². The molecule has 52 valence electrons. The molecule has 1 aromatic rings. The van der Waals surface area contributed by atoms with Crippen LogP contribution in [0.1, 0.15) is 35.2 Å². The van der Waals surface area contributed by atoms with Crippen molar-refractivity contribution in [2.24, 2.45) is 0 Å². The Hall–Kier alpha value is -1.05. The van der Waals surface area contributed by atoms with Gasteiger partial charge in [-0.2, -0.15) is 0 Å². The van der Waals surface area contributed by atoms with Crippen molar-refractivity contribution >= 4 is 0 Å². The molecule has 1 N–H and O–H groups in total. The first-order valence-electron chi connectivity index (χ1n) is 6.70. The molecule has 0 spiro atoms. The molecule has 2 rings (SSSR count). The Morgan fingerprint density at radius 1 is 1.90 bits per heavy atom. The highest BCUT2D eigenvalue weighted by atomic mass is 16.1. The summed E-state index contributed by atoms with van der Waals surface area (Å²) >= 11 is 0. The fourth-order valence-corrected chi connectivity index (χ4v) is 0.608. The molecule has 0 bridgehead atoms. The zero-order valence-electron chi connectivity index (χ0n) is 12.9. The first-order valence-corrected chi connectivity index (χ1v) is 2.70. The minimum Gasteiger partial charge on any atom is -0.329 e. The van der Waals surface area contributed by atoms with Gasteiger partial charge in [0.25, 0.3) is 0 Å². The van der Waals surface area contributed by atoms with Crippen molar-refractivity contribution in [1.82, 2.24) is 4.98 Å². The molecule has 0 unspecified atom stereocenters. The highest BCUT2D eigenvalue weighted by Gasteiger charge is 2.23. The van der Waals surface area contributed by atoms with E-state index in [1.807, 2.05) is 4.98 Å². The van der Waals surface area contributed by atoms with Crippen molar-refractivity contribution in [2.75, 3.05) is 0 Å². The van der Waals surface area contributed by atoms with Crippen LogP contribution in [0.15, 0.2) is 23.1 Å². The largest absolute Gasteiger partial charge is 0.329 e. The summed E-state index contributed by atoms with van der Waals surface area (Å²) in [5.74, 6) is -2.50. The maximum atomic E-state index is 11.3. The minimum atomic E-state index is -2.61. The topological polar surface area (TPSA) is 32.9 Å². The third-order valence-corrected chi connectivity index (χ3v) is 1.10. The van der Waals surface area contributed by atoms with E-state index in [1.165, 1.54) is 0 Å². The average molecular weight is 143 g/mol. The second-order valence-corrected chi connectivity index (χ2v) is 1.83. The molecule has 0 atom stereocenters. The molecule has 0 aromatic carbocycles. The molecule has 10 heavy (non-hydrogen) atoms. The van der Waals surface area contributed by atoms with Crippen molar-refractivity contribution in [2.45, 2.75) is 18.6 Å². The van der Waals surface area contributed by atoms with E-state index in [1.54, 1.807) is 0 Å². The lowest BCUT2D eigenvalue weighted by atomic mass is 10.2. The van der Waals surface area contributed by atoms with Crippen LogP contribution < -0.4 is 5.56 Å². The molecular formula is C8H9NO. The summed E-state index contributed by atoms with van der Waals surface area (Å²) < 4.78 is 59.9. The van der Waals surface area contributed by atoms with Gasteiger partial charge in [0.05, 0.1) is 4.11 Å². The molecule has 0 amide bonds. The monoisotopic (exact) mass is 143 g/mol. The van der Waals surface area contributed by atoms with Gasteiger partial charge in [-0.15, -0.1) is 0 Å². The first-order chi connectivity index (χ1) is 8.00. The number of aromatic amines is 1. The molecular weight excluding hydrogens is 126 g/mol. The van der Waals surface area contributed by atoms with Gasteiger partial charge in [-0.1, -0.05) is 0 Å². The Kier molecular flexibility index (Phi) is 0.346. The van der Waals surface area contributed by atoms with Crippen molar-refractivity contribution in [3.63, 3.8) is 0 Å².